The van der Waals surface area contributed by atoms with Gasteiger partial charge in [-0.1, -0.05) is 22.0 Å². The molecule has 0 aliphatic rings. The summed E-state index contributed by atoms with van der Waals surface area (Å²) < 4.78 is 5.96. The molecule has 0 radical (unpaired) electrons. The Labute approximate surface area is 165 Å². The molecular formula is C18H18BrN3O3S. The largest absolute Gasteiger partial charge is 0.496 e. The molecule has 0 saturated heterocycles. The summed E-state index contributed by atoms with van der Waals surface area (Å²) in [5.41, 5.74) is 1.73. The van der Waals surface area contributed by atoms with Gasteiger partial charge in [0.25, 0.3) is 5.91 Å². The molecule has 0 unspecified atom stereocenters. The lowest BCUT2D eigenvalue weighted by Crippen LogP contribution is -2.34. The van der Waals surface area contributed by atoms with Crippen molar-refractivity contribution in [1.29, 1.82) is 0 Å². The predicted octanol–water partition coefficient (Wildman–Crippen LogP) is 3.57. The first-order chi connectivity index (χ1) is 12.3. The number of methoxy groups -OCH3 is 1. The van der Waals surface area contributed by atoms with Crippen LogP contribution in [0.4, 0.5) is 11.4 Å². The molecule has 0 fully saturated rings. The lowest BCUT2D eigenvalue weighted by atomic mass is 10.2. The second-order valence-corrected chi connectivity index (χ2v) is 6.71. The van der Waals surface area contributed by atoms with Crippen molar-refractivity contribution in [3.05, 3.63) is 52.5 Å². The average molecular weight is 436 g/mol. The summed E-state index contributed by atoms with van der Waals surface area (Å²) in [5.74, 6) is -0.0315. The Bertz CT molecular complexity index is 857. The van der Waals surface area contributed by atoms with Crippen molar-refractivity contribution in [2.45, 2.75) is 6.92 Å². The maximum Gasteiger partial charge on any atom is 0.261 e. The van der Waals surface area contributed by atoms with E-state index in [1.54, 1.807) is 49.5 Å². The molecule has 2 amide bonds. The quantitative estimate of drug-likeness (QED) is 0.718. The SMILES string of the molecule is COc1ccc(Br)cc1C(=O)NC(=S)Nc1cccc(N(C)C(C)=O)c1. The van der Waals surface area contributed by atoms with Gasteiger partial charge in [-0.25, -0.2) is 0 Å². The molecule has 0 bridgehead atoms. The molecule has 8 heteroatoms. The highest BCUT2D eigenvalue weighted by molar-refractivity contribution is 9.10. The van der Waals surface area contributed by atoms with Gasteiger partial charge in [0.15, 0.2) is 5.11 Å². The highest BCUT2D eigenvalue weighted by atomic mass is 79.9. The van der Waals surface area contributed by atoms with Crippen molar-refractivity contribution in [3.8, 4) is 5.75 Å². The van der Waals surface area contributed by atoms with E-state index in [9.17, 15) is 9.59 Å². The first-order valence-corrected chi connectivity index (χ1v) is 8.82. The van der Waals surface area contributed by atoms with Gasteiger partial charge in [0.05, 0.1) is 12.7 Å². The zero-order chi connectivity index (χ0) is 19.3. The number of ether oxygens (including phenoxy) is 1. The molecule has 26 heavy (non-hydrogen) atoms. The standard InChI is InChI=1S/C18H18BrN3O3S/c1-11(23)22(2)14-6-4-5-13(10-14)20-18(26)21-17(24)15-9-12(19)7-8-16(15)25-3/h4-10H,1-3H3,(H2,20,21,24,26). The molecule has 2 aromatic carbocycles. The number of benzene rings is 2. The van der Waals surface area contributed by atoms with Crippen LogP contribution in [0.5, 0.6) is 5.75 Å². The van der Waals surface area contributed by atoms with E-state index in [4.69, 9.17) is 17.0 Å². The first-order valence-electron chi connectivity index (χ1n) is 7.62. The Morgan fingerprint density at radius 1 is 1.19 bits per heavy atom. The van der Waals surface area contributed by atoms with E-state index in [1.807, 2.05) is 0 Å². The van der Waals surface area contributed by atoms with E-state index in [0.29, 0.717) is 22.7 Å². The van der Waals surface area contributed by atoms with Gasteiger partial charge < -0.3 is 15.0 Å². The first kappa shape index (κ1) is 19.9. The molecule has 6 nitrogen and oxygen atoms in total. The van der Waals surface area contributed by atoms with Crippen LogP contribution in [-0.2, 0) is 4.79 Å². The van der Waals surface area contributed by atoms with Crippen molar-refractivity contribution >= 4 is 56.4 Å². The van der Waals surface area contributed by atoms with Crippen LogP contribution in [0, 0.1) is 0 Å². The Hall–Kier alpha value is -2.45. The van der Waals surface area contributed by atoms with Crippen molar-refractivity contribution in [3.63, 3.8) is 0 Å². The Morgan fingerprint density at radius 2 is 1.92 bits per heavy atom. The molecular weight excluding hydrogens is 418 g/mol. The molecule has 0 atom stereocenters. The van der Waals surface area contributed by atoms with Crippen molar-refractivity contribution in [1.82, 2.24) is 5.32 Å². The third-order valence-corrected chi connectivity index (χ3v) is 4.29. The van der Waals surface area contributed by atoms with Crippen molar-refractivity contribution in [2.24, 2.45) is 0 Å². The van der Waals surface area contributed by atoms with Crippen LogP contribution in [0.3, 0.4) is 0 Å². The topological polar surface area (TPSA) is 70.7 Å². The monoisotopic (exact) mass is 435 g/mol. The van der Waals surface area contributed by atoms with Crippen LogP contribution in [0.1, 0.15) is 17.3 Å². The summed E-state index contributed by atoms with van der Waals surface area (Å²) in [4.78, 5) is 25.4. The predicted molar refractivity (Wildman–Crippen MR) is 110 cm³/mol. The number of carbonyl (C=O) groups excluding carboxylic acids is 2. The number of nitrogens with one attached hydrogen (secondary N) is 2. The summed E-state index contributed by atoms with van der Waals surface area (Å²) in [6.07, 6.45) is 0. The molecule has 0 spiro atoms. The summed E-state index contributed by atoms with van der Waals surface area (Å²) in [6, 6.07) is 12.3. The van der Waals surface area contributed by atoms with Crippen LogP contribution in [0.15, 0.2) is 46.9 Å². The number of halogens is 1. The van der Waals surface area contributed by atoms with Gasteiger partial charge >= 0.3 is 0 Å². The molecule has 0 aliphatic heterocycles. The molecule has 0 aliphatic carbocycles. The van der Waals surface area contributed by atoms with E-state index in [1.165, 1.54) is 18.9 Å². The number of carbonyl (C=O) groups is 2. The second-order valence-electron chi connectivity index (χ2n) is 5.38. The minimum atomic E-state index is -0.391. The number of nitrogens with zero attached hydrogens (tertiary/aromatic N) is 1. The molecule has 2 rings (SSSR count). The minimum absolute atomic E-state index is 0.0835. The fourth-order valence-corrected chi connectivity index (χ4v) is 2.74. The molecule has 0 saturated carbocycles. The summed E-state index contributed by atoms with van der Waals surface area (Å²) >= 11 is 8.54. The van der Waals surface area contributed by atoms with Gasteiger partial charge in [-0.05, 0) is 48.6 Å². The number of rotatable bonds is 4. The summed E-state index contributed by atoms with van der Waals surface area (Å²) in [5, 5.41) is 5.69. The third-order valence-electron chi connectivity index (χ3n) is 3.60. The molecule has 2 N–H and O–H groups in total. The van der Waals surface area contributed by atoms with E-state index in [2.05, 4.69) is 26.6 Å². The highest BCUT2D eigenvalue weighted by Gasteiger charge is 2.14. The van der Waals surface area contributed by atoms with E-state index < -0.39 is 5.91 Å². The zero-order valence-electron chi connectivity index (χ0n) is 14.5. The van der Waals surface area contributed by atoms with Crippen LogP contribution >= 0.6 is 28.1 Å². The zero-order valence-corrected chi connectivity index (χ0v) is 16.9. The number of hydrogen-bond acceptors (Lipinski definition) is 4. The fraction of sp³-hybridized carbons (Fsp3) is 0.167. The van der Waals surface area contributed by atoms with Crippen molar-refractivity contribution in [2.75, 3.05) is 24.4 Å². The normalized spacial score (nSPS) is 10.0. The van der Waals surface area contributed by atoms with Crippen molar-refractivity contribution < 1.29 is 14.3 Å². The van der Waals surface area contributed by atoms with Crippen LogP contribution < -0.4 is 20.3 Å². The number of thiocarbonyl (C=S) groups is 1. The average Bonchev–Trinajstić information content (AvgIpc) is 2.60. The third kappa shape index (κ3) is 5.03. The van der Waals surface area contributed by atoms with E-state index in [-0.39, 0.29) is 11.0 Å². The van der Waals surface area contributed by atoms with Gasteiger partial charge in [0.2, 0.25) is 5.91 Å². The summed E-state index contributed by atoms with van der Waals surface area (Å²) in [7, 11) is 3.18. The summed E-state index contributed by atoms with van der Waals surface area (Å²) in [6.45, 7) is 1.48. The van der Waals surface area contributed by atoms with Gasteiger partial charge in [-0.2, -0.15) is 0 Å². The van der Waals surface area contributed by atoms with Gasteiger partial charge in [0.1, 0.15) is 5.75 Å². The minimum Gasteiger partial charge on any atom is -0.496 e. The van der Waals surface area contributed by atoms with Gasteiger partial charge in [0, 0.05) is 29.8 Å². The Balaban J connectivity index is 2.10. The van der Waals surface area contributed by atoms with E-state index in [0.717, 1.165) is 4.47 Å². The molecule has 0 aromatic heterocycles. The molecule has 0 heterocycles. The Morgan fingerprint density at radius 3 is 2.58 bits per heavy atom. The molecule has 2 aromatic rings. The van der Waals surface area contributed by atoms with E-state index >= 15 is 0 Å². The van der Waals surface area contributed by atoms with Crippen LogP contribution in [0.2, 0.25) is 0 Å². The second kappa shape index (κ2) is 8.77. The maximum absolute atomic E-state index is 12.4. The highest BCUT2D eigenvalue weighted by Crippen LogP contribution is 2.23. The van der Waals surface area contributed by atoms with Crippen LogP contribution in [0.25, 0.3) is 0 Å². The Kier molecular flexibility index (Phi) is 6.70. The molecule has 136 valence electrons. The smallest absolute Gasteiger partial charge is 0.261 e. The number of amides is 2. The maximum atomic E-state index is 12.4. The number of anilines is 2. The fourth-order valence-electron chi connectivity index (χ4n) is 2.16. The van der Waals surface area contributed by atoms with Gasteiger partial charge in [-0.3, -0.25) is 14.9 Å². The number of hydrogen-bond donors (Lipinski definition) is 2. The lowest BCUT2D eigenvalue weighted by molar-refractivity contribution is -0.116. The lowest BCUT2D eigenvalue weighted by Gasteiger charge is -2.17. The van der Waals surface area contributed by atoms with Crippen LogP contribution in [-0.4, -0.2) is 31.1 Å². The van der Waals surface area contributed by atoms with Gasteiger partial charge in [-0.15, -0.1) is 0 Å².